The van der Waals surface area contributed by atoms with Crippen molar-refractivity contribution in [3.8, 4) is 33.4 Å². The fraction of sp³-hybridized carbons (Fsp3) is 0.0256. The molecule has 0 saturated heterocycles. The molecule has 1 heteroatoms. The van der Waals surface area contributed by atoms with Crippen LogP contribution in [0.5, 0.6) is 0 Å². The van der Waals surface area contributed by atoms with Crippen molar-refractivity contribution in [1.29, 1.82) is 0 Å². The van der Waals surface area contributed by atoms with Gasteiger partial charge < -0.3 is 0 Å². The maximum Gasteiger partial charge on any atom is 0.0361 e. The molecule has 0 atom stereocenters. The SMILES string of the molecule is Cc1ccc2c(-c3ccc(-c4ccccc4)cc3)c3ccccc3c(-c3cccc4sc5ccccc5c34)c2c1. The molecule has 1 aromatic heterocycles. The van der Waals surface area contributed by atoms with Gasteiger partial charge in [-0.3, -0.25) is 0 Å². The van der Waals surface area contributed by atoms with Crippen molar-refractivity contribution in [3.05, 3.63) is 145 Å². The molecule has 40 heavy (non-hydrogen) atoms. The highest BCUT2D eigenvalue weighted by atomic mass is 32.1. The zero-order valence-corrected chi connectivity index (χ0v) is 23.0. The fourth-order valence-electron chi connectivity index (χ4n) is 6.34. The predicted molar refractivity (Wildman–Crippen MR) is 175 cm³/mol. The number of aryl methyl sites for hydroxylation is 1. The lowest BCUT2D eigenvalue weighted by Gasteiger charge is -2.19. The lowest BCUT2D eigenvalue weighted by atomic mass is 9.84. The van der Waals surface area contributed by atoms with Gasteiger partial charge in [-0.25, -0.2) is 0 Å². The largest absolute Gasteiger partial charge is 0.135 e. The van der Waals surface area contributed by atoms with Crippen molar-refractivity contribution in [2.75, 3.05) is 0 Å². The van der Waals surface area contributed by atoms with Crippen LogP contribution in [-0.4, -0.2) is 0 Å². The molecule has 0 bridgehead atoms. The number of benzene rings is 7. The molecule has 7 aromatic carbocycles. The molecular weight excluding hydrogens is 500 g/mol. The average molecular weight is 527 g/mol. The molecule has 0 amide bonds. The first kappa shape index (κ1) is 23.2. The van der Waals surface area contributed by atoms with Gasteiger partial charge >= 0.3 is 0 Å². The highest BCUT2D eigenvalue weighted by Gasteiger charge is 2.19. The first-order chi connectivity index (χ1) is 19.8. The van der Waals surface area contributed by atoms with Crippen molar-refractivity contribution in [2.45, 2.75) is 6.92 Å². The molecule has 0 aliphatic heterocycles. The second-order valence-corrected chi connectivity index (χ2v) is 11.6. The zero-order valence-electron chi connectivity index (χ0n) is 22.2. The Morgan fingerprint density at radius 1 is 0.400 bits per heavy atom. The second-order valence-electron chi connectivity index (χ2n) is 10.6. The van der Waals surface area contributed by atoms with Crippen LogP contribution in [0.15, 0.2) is 140 Å². The first-order valence-corrected chi connectivity index (χ1v) is 14.6. The van der Waals surface area contributed by atoms with Crippen molar-refractivity contribution < 1.29 is 0 Å². The molecule has 0 spiro atoms. The third-order valence-corrected chi connectivity index (χ3v) is 9.27. The van der Waals surface area contributed by atoms with Crippen LogP contribution in [0.25, 0.3) is 75.1 Å². The Balaban J connectivity index is 1.47. The van der Waals surface area contributed by atoms with Crippen LogP contribution in [0, 0.1) is 6.92 Å². The lowest BCUT2D eigenvalue weighted by Crippen LogP contribution is -1.92. The highest BCUT2D eigenvalue weighted by Crippen LogP contribution is 2.48. The summed E-state index contributed by atoms with van der Waals surface area (Å²) in [4.78, 5) is 0. The van der Waals surface area contributed by atoms with Crippen molar-refractivity contribution in [2.24, 2.45) is 0 Å². The number of hydrogen-bond acceptors (Lipinski definition) is 1. The first-order valence-electron chi connectivity index (χ1n) is 13.8. The molecule has 0 unspecified atom stereocenters. The van der Waals surface area contributed by atoms with Crippen LogP contribution < -0.4 is 0 Å². The van der Waals surface area contributed by atoms with Gasteiger partial charge in [-0.15, -0.1) is 11.3 Å². The normalized spacial score (nSPS) is 11.6. The molecule has 0 fully saturated rings. The Kier molecular flexibility index (Phi) is 5.33. The smallest absolute Gasteiger partial charge is 0.0361 e. The minimum atomic E-state index is 1.24. The number of fused-ring (bicyclic) bond motifs is 5. The van der Waals surface area contributed by atoms with E-state index < -0.39 is 0 Å². The summed E-state index contributed by atoms with van der Waals surface area (Å²) < 4.78 is 2.68. The number of hydrogen-bond donors (Lipinski definition) is 0. The molecule has 0 saturated carbocycles. The highest BCUT2D eigenvalue weighted by molar-refractivity contribution is 7.25. The summed E-state index contributed by atoms with van der Waals surface area (Å²) in [5, 5.41) is 7.88. The summed E-state index contributed by atoms with van der Waals surface area (Å²) in [5.41, 5.74) is 8.94. The Morgan fingerprint density at radius 3 is 1.80 bits per heavy atom. The molecule has 0 N–H and O–H groups in total. The van der Waals surface area contributed by atoms with E-state index in [0.717, 1.165) is 0 Å². The van der Waals surface area contributed by atoms with E-state index in [0.29, 0.717) is 0 Å². The van der Waals surface area contributed by atoms with Gasteiger partial charge in [0.2, 0.25) is 0 Å². The Labute approximate surface area is 237 Å². The molecule has 0 nitrogen and oxygen atoms in total. The second kappa shape index (κ2) is 9.19. The molecule has 0 radical (unpaired) electrons. The van der Waals surface area contributed by atoms with E-state index in [2.05, 4.69) is 146 Å². The predicted octanol–water partition coefficient (Wildman–Crippen LogP) is 11.7. The summed E-state index contributed by atoms with van der Waals surface area (Å²) >= 11 is 1.88. The molecule has 8 aromatic rings. The standard InChI is InChI=1S/C39H26S/c1-25-18-23-31-34(24-25)38(33-15-9-17-36-39(33)32-14-7-8-16-35(32)40-36)30-13-6-5-12-29(30)37(31)28-21-19-27(20-22-28)26-10-3-2-4-11-26/h2-24H,1H3. The average Bonchev–Trinajstić information content (AvgIpc) is 3.40. The van der Waals surface area contributed by atoms with Crippen LogP contribution in [0.3, 0.4) is 0 Å². The van der Waals surface area contributed by atoms with Crippen molar-refractivity contribution in [1.82, 2.24) is 0 Å². The Morgan fingerprint density at radius 2 is 1.00 bits per heavy atom. The van der Waals surface area contributed by atoms with Crippen LogP contribution in [0.1, 0.15) is 5.56 Å². The van der Waals surface area contributed by atoms with Crippen LogP contribution in [0.2, 0.25) is 0 Å². The van der Waals surface area contributed by atoms with Gasteiger partial charge in [-0.2, -0.15) is 0 Å². The molecule has 188 valence electrons. The quantitative estimate of drug-likeness (QED) is 0.201. The summed E-state index contributed by atoms with van der Waals surface area (Å²) in [7, 11) is 0. The molecule has 0 aliphatic rings. The molecule has 8 rings (SSSR count). The van der Waals surface area contributed by atoms with Gasteiger partial charge in [0.25, 0.3) is 0 Å². The molecular formula is C39H26S. The maximum atomic E-state index is 2.38. The van der Waals surface area contributed by atoms with Gasteiger partial charge in [-0.05, 0) is 74.0 Å². The zero-order chi connectivity index (χ0) is 26.6. The van der Waals surface area contributed by atoms with Gasteiger partial charge in [0.05, 0.1) is 0 Å². The van der Waals surface area contributed by atoms with Gasteiger partial charge in [-0.1, -0.05) is 133 Å². The van der Waals surface area contributed by atoms with Crippen molar-refractivity contribution in [3.63, 3.8) is 0 Å². The van der Waals surface area contributed by atoms with Gasteiger partial charge in [0, 0.05) is 20.2 Å². The lowest BCUT2D eigenvalue weighted by molar-refractivity contribution is 1.51. The van der Waals surface area contributed by atoms with Crippen LogP contribution >= 0.6 is 11.3 Å². The van der Waals surface area contributed by atoms with E-state index in [4.69, 9.17) is 0 Å². The Bertz CT molecular complexity index is 2200. The monoisotopic (exact) mass is 526 g/mol. The summed E-state index contributed by atoms with van der Waals surface area (Å²) in [5.74, 6) is 0. The van der Waals surface area contributed by atoms with E-state index in [1.54, 1.807) is 0 Å². The van der Waals surface area contributed by atoms with Crippen LogP contribution in [-0.2, 0) is 0 Å². The van der Waals surface area contributed by atoms with E-state index in [1.165, 1.54) is 80.7 Å². The molecule has 0 aliphatic carbocycles. The summed E-state index contributed by atoms with van der Waals surface area (Å²) in [6.07, 6.45) is 0. The summed E-state index contributed by atoms with van der Waals surface area (Å²) in [6.45, 7) is 2.20. The van der Waals surface area contributed by atoms with E-state index >= 15 is 0 Å². The van der Waals surface area contributed by atoms with E-state index in [-0.39, 0.29) is 0 Å². The summed E-state index contributed by atoms with van der Waals surface area (Å²) in [6, 6.07) is 51.2. The Hall–Kier alpha value is -4.72. The molecule has 1 heterocycles. The van der Waals surface area contributed by atoms with E-state index in [9.17, 15) is 0 Å². The van der Waals surface area contributed by atoms with Crippen molar-refractivity contribution >= 4 is 53.1 Å². The number of thiophene rings is 1. The minimum absolute atomic E-state index is 1.24. The van der Waals surface area contributed by atoms with E-state index in [1.807, 2.05) is 11.3 Å². The number of rotatable bonds is 3. The van der Waals surface area contributed by atoms with Gasteiger partial charge in [0.15, 0.2) is 0 Å². The minimum Gasteiger partial charge on any atom is -0.135 e. The van der Waals surface area contributed by atoms with Gasteiger partial charge in [0.1, 0.15) is 0 Å². The fourth-order valence-corrected chi connectivity index (χ4v) is 7.47. The van der Waals surface area contributed by atoms with Crippen LogP contribution in [0.4, 0.5) is 0 Å². The third kappa shape index (κ3) is 3.59. The topological polar surface area (TPSA) is 0 Å². The maximum absolute atomic E-state index is 2.38. The third-order valence-electron chi connectivity index (χ3n) is 8.13.